The Kier molecular flexibility index (Phi) is 3.91. The molecular weight excluding hydrogens is 362 g/mol. The van der Waals surface area contributed by atoms with Crippen LogP contribution in [0.2, 0.25) is 0 Å². The van der Waals surface area contributed by atoms with Crippen molar-refractivity contribution in [1.82, 2.24) is 29.3 Å². The van der Waals surface area contributed by atoms with Gasteiger partial charge < -0.3 is 9.64 Å². The molecule has 0 aliphatic carbocycles. The minimum Gasteiger partial charge on any atom is -0.377 e. The highest BCUT2D eigenvalue weighted by Gasteiger charge is 2.24. The van der Waals surface area contributed by atoms with Crippen molar-refractivity contribution in [2.75, 3.05) is 24.7 Å². The summed E-state index contributed by atoms with van der Waals surface area (Å²) in [4.78, 5) is 7.31. The average Bonchev–Trinajstić information content (AvgIpc) is 3.41. The summed E-state index contributed by atoms with van der Waals surface area (Å²) in [7, 11) is 1.95. The van der Waals surface area contributed by atoms with Crippen molar-refractivity contribution < 1.29 is 4.74 Å². The van der Waals surface area contributed by atoms with Crippen molar-refractivity contribution in [3.8, 4) is 22.6 Å². The third kappa shape index (κ3) is 2.70. The lowest BCUT2D eigenvalue weighted by atomic mass is 10.1. The summed E-state index contributed by atoms with van der Waals surface area (Å²) in [5, 5.41) is 11.4. The number of pyridine rings is 1. The Balaban J connectivity index is 1.76. The number of nitrogens with one attached hydrogen (secondary N) is 1. The largest absolute Gasteiger partial charge is 0.377 e. The second-order valence-electron chi connectivity index (χ2n) is 6.66. The average molecular weight is 381 g/mol. The van der Waals surface area contributed by atoms with Gasteiger partial charge in [-0.25, -0.2) is 4.98 Å². The van der Waals surface area contributed by atoms with E-state index < -0.39 is 0 Å². The molecule has 5 rings (SSSR count). The first-order valence-corrected chi connectivity index (χ1v) is 9.62. The fraction of sp³-hybridized carbons (Fsp3) is 0.333. The molecule has 1 atom stereocenters. The van der Waals surface area contributed by atoms with Crippen LogP contribution in [-0.4, -0.2) is 55.1 Å². The van der Waals surface area contributed by atoms with Gasteiger partial charge in [-0.05, 0) is 36.7 Å². The molecule has 0 radical (unpaired) electrons. The number of aryl methyl sites for hydroxylation is 1. The minimum absolute atomic E-state index is 0.269. The number of rotatable bonds is 3. The number of aromatic amines is 1. The number of aromatic nitrogens is 6. The number of hydrogen-bond donors (Lipinski definition) is 1. The van der Waals surface area contributed by atoms with E-state index >= 15 is 0 Å². The quantitative estimate of drug-likeness (QED) is 0.587. The van der Waals surface area contributed by atoms with Crippen LogP contribution in [0.3, 0.4) is 0 Å². The third-order valence-electron chi connectivity index (χ3n) is 4.93. The number of morpholine rings is 1. The van der Waals surface area contributed by atoms with Gasteiger partial charge in [-0.1, -0.05) is 0 Å². The maximum absolute atomic E-state index is 5.60. The smallest absolute Gasteiger partial charge is 0.130 e. The van der Waals surface area contributed by atoms with Gasteiger partial charge >= 0.3 is 0 Å². The van der Waals surface area contributed by atoms with Crippen molar-refractivity contribution in [1.29, 1.82) is 0 Å². The van der Waals surface area contributed by atoms with Gasteiger partial charge in [-0.2, -0.15) is 14.6 Å². The van der Waals surface area contributed by atoms with Gasteiger partial charge in [0.15, 0.2) is 0 Å². The summed E-state index contributed by atoms with van der Waals surface area (Å²) in [5.74, 6) is 0.940. The van der Waals surface area contributed by atoms with Gasteiger partial charge in [0.1, 0.15) is 17.0 Å². The van der Waals surface area contributed by atoms with Crippen LogP contribution in [0.5, 0.6) is 0 Å². The third-order valence-corrected chi connectivity index (χ3v) is 5.80. The number of fused-ring (bicyclic) bond motifs is 1. The molecule has 5 heterocycles. The molecule has 1 aliphatic rings. The maximum Gasteiger partial charge on any atom is 0.130 e. The molecule has 27 heavy (non-hydrogen) atoms. The van der Waals surface area contributed by atoms with E-state index in [2.05, 4.69) is 37.6 Å². The second kappa shape index (κ2) is 6.43. The van der Waals surface area contributed by atoms with Crippen LogP contribution < -0.4 is 4.90 Å². The Morgan fingerprint density at radius 3 is 2.96 bits per heavy atom. The maximum atomic E-state index is 5.60. The fourth-order valence-corrected chi connectivity index (χ4v) is 4.37. The Morgan fingerprint density at radius 1 is 1.30 bits per heavy atom. The summed E-state index contributed by atoms with van der Waals surface area (Å²) < 4.78 is 13.2. The van der Waals surface area contributed by atoms with Crippen molar-refractivity contribution in [3.63, 3.8) is 0 Å². The molecule has 4 aromatic rings. The first-order chi connectivity index (χ1) is 13.2. The minimum atomic E-state index is 0.269. The zero-order valence-corrected chi connectivity index (χ0v) is 15.9. The molecule has 0 aromatic carbocycles. The Bertz CT molecular complexity index is 1080. The molecular formula is C18H19N7OS. The molecule has 0 spiro atoms. The SMILES string of the molecule is C[C@@H]1COCCN1c1cc(-c2ccnn2C)c2snc(-c3ccn[nH]3)c2n1. The molecule has 4 aromatic heterocycles. The lowest BCUT2D eigenvalue weighted by molar-refractivity contribution is 0.0986. The Labute approximate surface area is 160 Å². The molecule has 138 valence electrons. The molecule has 0 bridgehead atoms. The van der Waals surface area contributed by atoms with Crippen LogP contribution in [-0.2, 0) is 11.8 Å². The van der Waals surface area contributed by atoms with Gasteiger partial charge in [-0.15, -0.1) is 0 Å². The van der Waals surface area contributed by atoms with E-state index in [0.717, 1.165) is 45.2 Å². The number of nitrogens with zero attached hydrogens (tertiary/aromatic N) is 6. The summed E-state index contributed by atoms with van der Waals surface area (Å²) in [6.07, 6.45) is 3.55. The van der Waals surface area contributed by atoms with Gasteiger partial charge in [0.05, 0.1) is 35.3 Å². The Hall–Kier alpha value is -2.78. The van der Waals surface area contributed by atoms with E-state index in [1.807, 2.05) is 30.1 Å². The number of anilines is 1. The predicted octanol–water partition coefficient (Wildman–Crippen LogP) is 2.71. The van der Waals surface area contributed by atoms with Gasteiger partial charge in [0, 0.05) is 31.5 Å². The van der Waals surface area contributed by atoms with Gasteiger partial charge in [-0.3, -0.25) is 9.78 Å². The van der Waals surface area contributed by atoms with Crippen LogP contribution in [0.4, 0.5) is 5.82 Å². The summed E-state index contributed by atoms with van der Waals surface area (Å²) in [5.41, 5.74) is 4.73. The highest BCUT2D eigenvalue weighted by Crippen LogP contribution is 2.38. The van der Waals surface area contributed by atoms with Crippen molar-refractivity contribution >= 4 is 27.6 Å². The lowest BCUT2D eigenvalue weighted by Crippen LogP contribution is -2.44. The number of ether oxygens (including phenoxy) is 1. The molecule has 1 N–H and O–H groups in total. The number of H-pyrrole nitrogens is 1. The van der Waals surface area contributed by atoms with Crippen molar-refractivity contribution in [2.45, 2.75) is 13.0 Å². The van der Waals surface area contributed by atoms with E-state index in [1.165, 1.54) is 11.5 Å². The van der Waals surface area contributed by atoms with E-state index in [9.17, 15) is 0 Å². The summed E-state index contributed by atoms with van der Waals surface area (Å²) in [6, 6.07) is 6.36. The predicted molar refractivity (Wildman–Crippen MR) is 105 cm³/mol. The molecule has 1 saturated heterocycles. The lowest BCUT2D eigenvalue weighted by Gasteiger charge is -2.34. The van der Waals surface area contributed by atoms with E-state index in [0.29, 0.717) is 13.2 Å². The molecule has 1 fully saturated rings. The topological polar surface area (TPSA) is 84.8 Å². The first-order valence-electron chi connectivity index (χ1n) is 8.85. The van der Waals surface area contributed by atoms with Crippen molar-refractivity contribution in [3.05, 3.63) is 30.6 Å². The number of hydrogen-bond acceptors (Lipinski definition) is 7. The fourth-order valence-electron chi connectivity index (χ4n) is 3.51. The van der Waals surface area contributed by atoms with E-state index in [4.69, 9.17) is 9.72 Å². The highest BCUT2D eigenvalue weighted by molar-refractivity contribution is 7.14. The zero-order chi connectivity index (χ0) is 18.4. The molecule has 0 amide bonds. The van der Waals surface area contributed by atoms with Crippen LogP contribution in [0.15, 0.2) is 30.6 Å². The van der Waals surface area contributed by atoms with Gasteiger partial charge in [0.25, 0.3) is 0 Å². The zero-order valence-electron chi connectivity index (χ0n) is 15.1. The van der Waals surface area contributed by atoms with Crippen molar-refractivity contribution in [2.24, 2.45) is 7.05 Å². The Morgan fingerprint density at radius 2 is 2.22 bits per heavy atom. The molecule has 1 aliphatic heterocycles. The van der Waals surface area contributed by atoms with E-state index in [-0.39, 0.29) is 6.04 Å². The molecule has 8 nitrogen and oxygen atoms in total. The van der Waals surface area contributed by atoms with Gasteiger partial charge in [0.2, 0.25) is 0 Å². The normalized spacial score (nSPS) is 17.7. The van der Waals surface area contributed by atoms with Crippen LogP contribution in [0.1, 0.15) is 6.92 Å². The summed E-state index contributed by atoms with van der Waals surface area (Å²) in [6.45, 7) is 4.40. The second-order valence-corrected chi connectivity index (χ2v) is 7.44. The standard InChI is InChI=1S/C18H19N7OS/c1-11-10-26-8-7-25(11)15-9-12(14-4-6-20-24(14)2)18-17(21-15)16(23-27-18)13-3-5-19-22-13/h3-6,9,11H,7-8,10H2,1-2H3,(H,19,22)/t11-/m1/s1. The molecule has 0 unspecified atom stereocenters. The van der Waals surface area contributed by atoms with Crippen LogP contribution in [0, 0.1) is 0 Å². The highest BCUT2D eigenvalue weighted by atomic mass is 32.1. The molecule has 9 heteroatoms. The summed E-state index contributed by atoms with van der Waals surface area (Å²) >= 11 is 1.46. The molecule has 0 saturated carbocycles. The van der Waals surface area contributed by atoms with E-state index in [1.54, 1.807) is 6.20 Å². The van der Waals surface area contributed by atoms with Crippen LogP contribution >= 0.6 is 11.5 Å². The first kappa shape index (κ1) is 16.4. The van der Waals surface area contributed by atoms with Crippen LogP contribution in [0.25, 0.3) is 32.9 Å². The monoisotopic (exact) mass is 381 g/mol.